The molecule has 3 aromatic rings. The summed E-state index contributed by atoms with van der Waals surface area (Å²) < 4.78 is 42.0. The normalized spacial score (nSPS) is 11.7. The molecule has 0 saturated carbocycles. The zero-order valence-corrected chi connectivity index (χ0v) is 17.1. The lowest BCUT2D eigenvalue weighted by Crippen LogP contribution is -2.14. The van der Waals surface area contributed by atoms with E-state index in [0.717, 1.165) is 24.3 Å². The van der Waals surface area contributed by atoms with E-state index in [-0.39, 0.29) is 21.3 Å². The first-order valence-corrected chi connectivity index (χ1v) is 10.2. The Kier molecular flexibility index (Phi) is 5.96. The predicted molar refractivity (Wildman–Crippen MR) is 111 cm³/mol. The van der Waals surface area contributed by atoms with Gasteiger partial charge in [0.05, 0.1) is 22.5 Å². The Morgan fingerprint density at radius 3 is 2.70 bits per heavy atom. The molecule has 2 heterocycles. The number of rotatable bonds is 6. The highest BCUT2D eigenvalue weighted by Crippen LogP contribution is 2.25. The smallest absolute Gasteiger partial charge is 0.261 e. The van der Waals surface area contributed by atoms with Crippen LogP contribution in [-0.2, 0) is 17.1 Å². The van der Waals surface area contributed by atoms with E-state index in [9.17, 15) is 18.1 Å². The Labute approximate surface area is 177 Å². The number of aliphatic imine (C=N–C) groups is 1. The maximum absolute atomic E-state index is 13.1. The average Bonchev–Trinajstić information content (AvgIpc) is 3.07. The number of hydrogen-bond donors (Lipinski definition) is 1. The number of nitrogens with one attached hydrogen (secondary N) is 1. The summed E-state index contributed by atoms with van der Waals surface area (Å²) in [5.41, 5.74) is 0.979. The molecule has 0 aliphatic heterocycles. The van der Waals surface area contributed by atoms with Gasteiger partial charge in [-0.3, -0.25) is 4.72 Å². The van der Waals surface area contributed by atoms with Crippen LogP contribution in [0.25, 0.3) is 0 Å². The first kappa shape index (κ1) is 21.2. The molecule has 11 heteroatoms. The third kappa shape index (κ3) is 4.37. The second-order valence-corrected chi connectivity index (χ2v) is 7.98. The number of hydrogen-bond acceptors (Lipinski definition) is 6. The molecule has 0 aliphatic rings. The number of anilines is 1. The summed E-state index contributed by atoms with van der Waals surface area (Å²) in [5, 5.41) is 13.1. The van der Waals surface area contributed by atoms with Gasteiger partial charge in [-0.25, -0.2) is 27.5 Å². The van der Waals surface area contributed by atoms with Gasteiger partial charge in [0.2, 0.25) is 0 Å². The molecular weight excluding hydrogens is 431 g/mol. The molecular formula is C19H14ClFN6O2S. The van der Waals surface area contributed by atoms with E-state index in [1.54, 1.807) is 7.05 Å². The van der Waals surface area contributed by atoms with Gasteiger partial charge in [-0.15, -0.1) is 0 Å². The highest BCUT2D eigenvalue weighted by atomic mass is 35.5. The molecule has 152 valence electrons. The van der Waals surface area contributed by atoms with Gasteiger partial charge in [0, 0.05) is 18.8 Å². The van der Waals surface area contributed by atoms with E-state index in [1.807, 2.05) is 6.07 Å². The van der Waals surface area contributed by atoms with E-state index in [0.29, 0.717) is 17.1 Å². The van der Waals surface area contributed by atoms with Gasteiger partial charge in [0.1, 0.15) is 17.4 Å². The molecule has 1 aromatic carbocycles. The molecule has 0 saturated heterocycles. The topological polar surface area (TPSA) is 113 Å². The fourth-order valence-corrected chi connectivity index (χ4v) is 3.73. The number of halogens is 2. The van der Waals surface area contributed by atoms with Crippen molar-refractivity contribution in [1.82, 2.24) is 14.8 Å². The quantitative estimate of drug-likeness (QED) is 0.461. The summed E-state index contributed by atoms with van der Waals surface area (Å²) >= 11 is 6.06. The van der Waals surface area contributed by atoms with Crippen molar-refractivity contribution in [2.75, 3.05) is 4.72 Å². The van der Waals surface area contributed by atoms with Crippen LogP contribution >= 0.6 is 11.6 Å². The number of benzene rings is 1. The van der Waals surface area contributed by atoms with E-state index in [4.69, 9.17) is 11.6 Å². The van der Waals surface area contributed by atoms with Gasteiger partial charge in [-0.2, -0.15) is 10.4 Å². The number of allylic oxidation sites excluding steroid dienone is 1. The van der Waals surface area contributed by atoms with Gasteiger partial charge < -0.3 is 0 Å². The van der Waals surface area contributed by atoms with Crippen molar-refractivity contribution in [2.24, 2.45) is 12.0 Å². The minimum atomic E-state index is -4.03. The fourth-order valence-electron chi connectivity index (χ4n) is 2.46. The van der Waals surface area contributed by atoms with Crippen LogP contribution in [0.2, 0.25) is 5.15 Å². The molecule has 0 fully saturated rings. The van der Waals surface area contributed by atoms with E-state index >= 15 is 0 Å². The van der Waals surface area contributed by atoms with Gasteiger partial charge in [0.15, 0.2) is 11.0 Å². The molecule has 0 atom stereocenters. The van der Waals surface area contributed by atoms with Crippen LogP contribution in [0.3, 0.4) is 0 Å². The minimum absolute atomic E-state index is 0.00134. The summed E-state index contributed by atoms with van der Waals surface area (Å²) in [5.74, 6) is -0.259. The average molecular weight is 445 g/mol. The van der Waals surface area contributed by atoms with E-state index < -0.39 is 15.8 Å². The zero-order valence-electron chi connectivity index (χ0n) is 15.5. The molecule has 0 unspecified atom stereocenters. The highest BCUT2D eigenvalue weighted by molar-refractivity contribution is 7.92. The second-order valence-electron chi connectivity index (χ2n) is 5.94. The second kappa shape index (κ2) is 8.44. The maximum Gasteiger partial charge on any atom is 0.261 e. The van der Waals surface area contributed by atoms with Crippen LogP contribution in [-0.4, -0.2) is 28.9 Å². The highest BCUT2D eigenvalue weighted by Gasteiger charge is 2.18. The molecule has 3 rings (SSSR count). The Morgan fingerprint density at radius 1 is 1.37 bits per heavy atom. The number of aryl methyl sites for hydroxylation is 1. The van der Waals surface area contributed by atoms with Crippen molar-refractivity contribution in [3.05, 3.63) is 77.5 Å². The van der Waals surface area contributed by atoms with Gasteiger partial charge in [-0.05, 0) is 36.4 Å². The fraction of sp³-hybridized carbons (Fsp3) is 0.0526. The number of nitrogens with zero attached hydrogens (tertiary/aromatic N) is 5. The van der Waals surface area contributed by atoms with Crippen molar-refractivity contribution in [3.8, 4) is 6.07 Å². The summed E-state index contributed by atoms with van der Waals surface area (Å²) in [6.07, 6.45) is 4.19. The van der Waals surface area contributed by atoms with E-state index in [1.165, 1.54) is 29.2 Å². The Morgan fingerprint density at radius 2 is 2.07 bits per heavy atom. The van der Waals surface area contributed by atoms with Gasteiger partial charge >= 0.3 is 0 Å². The Balaban J connectivity index is 2.01. The monoisotopic (exact) mass is 444 g/mol. The van der Waals surface area contributed by atoms with Crippen LogP contribution in [0.15, 0.2) is 65.3 Å². The number of pyridine rings is 1. The van der Waals surface area contributed by atoms with Crippen LogP contribution < -0.4 is 4.72 Å². The molecule has 0 spiro atoms. The minimum Gasteiger partial charge on any atom is -0.276 e. The van der Waals surface area contributed by atoms with Crippen molar-refractivity contribution < 1.29 is 12.8 Å². The lowest BCUT2D eigenvalue weighted by molar-refractivity contribution is 0.599. The third-order valence-electron chi connectivity index (χ3n) is 3.95. The Hall–Kier alpha value is -3.55. The molecule has 30 heavy (non-hydrogen) atoms. The van der Waals surface area contributed by atoms with Crippen molar-refractivity contribution in [3.63, 3.8) is 0 Å². The third-order valence-corrected chi connectivity index (χ3v) is 5.63. The first-order chi connectivity index (χ1) is 14.2. The lowest BCUT2D eigenvalue weighted by atomic mass is 10.1. The Bertz CT molecular complexity index is 1290. The number of aromatic nitrogens is 3. The molecule has 0 radical (unpaired) electrons. The van der Waals surface area contributed by atoms with Crippen LogP contribution in [0.1, 0.15) is 11.1 Å². The van der Waals surface area contributed by atoms with Crippen LogP contribution in [0, 0.1) is 17.1 Å². The molecule has 1 N–H and O–H groups in total. The van der Waals surface area contributed by atoms with Crippen molar-refractivity contribution in [1.29, 1.82) is 5.26 Å². The number of sulfonamides is 1. The van der Waals surface area contributed by atoms with Crippen LogP contribution in [0.5, 0.6) is 0 Å². The zero-order chi connectivity index (χ0) is 21.9. The summed E-state index contributed by atoms with van der Waals surface area (Å²) in [6, 6.07) is 7.75. The van der Waals surface area contributed by atoms with Crippen molar-refractivity contribution in [2.45, 2.75) is 4.90 Å². The standard InChI is InChI=1S/C19H14ClFN6O2S/c1-3-16(25-19-13(9-22)11-24-27(19)2)12-8-17(18(20)23-10-12)26-30(28,29)15-6-4-14(21)5-7-15/h3-8,10-11,26H,1H2,2H3. The summed E-state index contributed by atoms with van der Waals surface area (Å²) in [7, 11) is -2.41. The molecule has 0 amide bonds. The van der Waals surface area contributed by atoms with Gasteiger partial charge in [0.25, 0.3) is 10.0 Å². The lowest BCUT2D eigenvalue weighted by Gasteiger charge is -2.11. The predicted octanol–water partition coefficient (Wildman–Crippen LogP) is 3.59. The molecule has 0 aliphatic carbocycles. The van der Waals surface area contributed by atoms with E-state index in [2.05, 4.69) is 26.4 Å². The molecule has 8 nitrogen and oxygen atoms in total. The van der Waals surface area contributed by atoms with Crippen molar-refractivity contribution >= 4 is 38.8 Å². The maximum atomic E-state index is 13.1. The SMILES string of the molecule is C=CC(=Nc1c(C#N)cnn1C)c1cnc(Cl)c(NS(=O)(=O)c2ccc(F)cc2)c1. The first-order valence-electron chi connectivity index (χ1n) is 8.32. The van der Waals surface area contributed by atoms with Gasteiger partial charge in [-0.1, -0.05) is 18.2 Å². The summed E-state index contributed by atoms with van der Waals surface area (Å²) in [6.45, 7) is 3.71. The largest absolute Gasteiger partial charge is 0.276 e. The molecule has 0 bridgehead atoms. The summed E-state index contributed by atoms with van der Waals surface area (Å²) in [4.78, 5) is 8.24. The number of nitriles is 1. The van der Waals surface area contributed by atoms with Crippen LogP contribution in [0.4, 0.5) is 15.9 Å². The molecule has 2 aromatic heterocycles.